The monoisotopic (exact) mass is 247 g/mol. The fourth-order valence-corrected chi connectivity index (χ4v) is 2.37. The summed E-state index contributed by atoms with van der Waals surface area (Å²) in [5.41, 5.74) is 1.21. The van der Waals surface area contributed by atoms with E-state index in [-0.39, 0.29) is 12.1 Å². The van der Waals surface area contributed by atoms with Gasteiger partial charge in [0.25, 0.3) is 0 Å². The number of rotatable bonds is 1. The lowest BCUT2D eigenvalue weighted by Crippen LogP contribution is -2.52. The van der Waals surface area contributed by atoms with E-state index in [1.807, 2.05) is 37.2 Å². The van der Waals surface area contributed by atoms with Gasteiger partial charge in [0.2, 0.25) is 0 Å². The van der Waals surface area contributed by atoms with E-state index in [0.717, 1.165) is 19.6 Å². The van der Waals surface area contributed by atoms with E-state index in [1.54, 1.807) is 4.90 Å². The van der Waals surface area contributed by atoms with Crippen molar-refractivity contribution in [3.8, 4) is 0 Å². The fourth-order valence-electron chi connectivity index (χ4n) is 2.37. The van der Waals surface area contributed by atoms with Gasteiger partial charge < -0.3 is 14.7 Å². The van der Waals surface area contributed by atoms with E-state index in [2.05, 4.69) is 24.1 Å². The molecule has 1 fully saturated rings. The first-order valence-electron chi connectivity index (χ1n) is 6.31. The van der Waals surface area contributed by atoms with Crippen molar-refractivity contribution in [2.75, 3.05) is 40.8 Å². The van der Waals surface area contributed by atoms with Gasteiger partial charge in [0.1, 0.15) is 0 Å². The van der Waals surface area contributed by atoms with E-state index in [4.69, 9.17) is 0 Å². The lowest BCUT2D eigenvalue weighted by molar-refractivity contribution is 0.0938. The van der Waals surface area contributed by atoms with Gasteiger partial charge in [-0.05, 0) is 12.6 Å². The molecule has 0 radical (unpaired) electrons. The van der Waals surface area contributed by atoms with Gasteiger partial charge in [0, 0.05) is 33.7 Å². The van der Waals surface area contributed by atoms with Crippen molar-refractivity contribution < 1.29 is 4.79 Å². The molecule has 0 spiro atoms. The van der Waals surface area contributed by atoms with Crippen LogP contribution >= 0.6 is 0 Å². The van der Waals surface area contributed by atoms with Gasteiger partial charge in [-0.15, -0.1) is 0 Å². The molecule has 2 rings (SSSR count). The van der Waals surface area contributed by atoms with Crippen LogP contribution in [0.3, 0.4) is 0 Å². The average molecular weight is 247 g/mol. The molecule has 1 unspecified atom stereocenters. The maximum atomic E-state index is 12.2. The first kappa shape index (κ1) is 12.9. The highest BCUT2D eigenvalue weighted by Crippen LogP contribution is 2.25. The normalized spacial score (nSPS) is 20.8. The highest BCUT2D eigenvalue weighted by Gasteiger charge is 2.30. The summed E-state index contributed by atoms with van der Waals surface area (Å²) in [6, 6.07) is 10.5. The number of carbonyl (C=O) groups is 1. The van der Waals surface area contributed by atoms with Crippen molar-refractivity contribution >= 4 is 6.03 Å². The molecule has 0 bridgehead atoms. The zero-order valence-corrected chi connectivity index (χ0v) is 11.3. The zero-order valence-electron chi connectivity index (χ0n) is 11.3. The molecule has 1 atom stereocenters. The van der Waals surface area contributed by atoms with Crippen LogP contribution < -0.4 is 0 Å². The fraction of sp³-hybridized carbons (Fsp3) is 0.500. The standard InChI is InChI=1S/C14H21N3O/c1-15(2)14(18)17-10-9-16(3)11-13(17)12-7-5-4-6-8-12/h4-8,13H,9-11H2,1-3H3. The molecule has 18 heavy (non-hydrogen) atoms. The Balaban J connectivity index is 2.24. The van der Waals surface area contributed by atoms with Crippen LogP contribution in [-0.2, 0) is 0 Å². The van der Waals surface area contributed by atoms with E-state index in [9.17, 15) is 4.79 Å². The van der Waals surface area contributed by atoms with Crippen molar-refractivity contribution in [2.24, 2.45) is 0 Å². The Labute approximate surface area is 109 Å². The molecule has 1 aliphatic rings. The number of nitrogens with zero attached hydrogens (tertiary/aromatic N) is 3. The number of carbonyl (C=O) groups excluding carboxylic acids is 1. The second-order valence-electron chi connectivity index (χ2n) is 5.06. The molecule has 0 saturated carbocycles. The minimum absolute atomic E-state index is 0.0944. The third-order valence-corrected chi connectivity index (χ3v) is 3.40. The second kappa shape index (κ2) is 5.40. The minimum atomic E-state index is 0.0944. The summed E-state index contributed by atoms with van der Waals surface area (Å²) in [5, 5.41) is 0. The molecule has 2 amide bonds. The Morgan fingerprint density at radius 1 is 1.22 bits per heavy atom. The van der Waals surface area contributed by atoms with E-state index in [0.29, 0.717) is 0 Å². The molecular weight excluding hydrogens is 226 g/mol. The SMILES string of the molecule is CN1CCN(C(=O)N(C)C)C(c2ccccc2)C1. The molecule has 4 nitrogen and oxygen atoms in total. The number of likely N-dealkylation sites (N-methyl/N-ethyl adjacent to an activating group) is 1. The molecule has 0 aliphatic carbocycles. The van der Waals surface area contributed by atoms with Crippen molar-refractivity contribution in [1.29, 1.82) is 0 Å². The summed E-state index contributed by atoms with van der Waals surface area (Å²) in [6.07, 6.45) is 0. The summed E-state index contributed by atoms with van der Waals surface area (Å²) >= 11 is 0. The van der Waals surface area contributed by atoms with Crippen LogP contribution in [-0.4, -0.2) is 61.5 Å². The molecule has 1 saturated heterocycles. The van der Waals surface area contributed by atoms with Gasteiger partial charge in [0.05, 0.1) is 6.04 Å². The van der Waals surface area contributed by atoms with Crippen molar-refractivity contribution in [2.45, 2.75) is 6.04 Å². The van der Waals surface area contributed by atoms with Crippen LogP contribution in [0.2, 0.25) is 0 Å². The third-order valence-electron chi connectivity index (χ3n) is 3.40. The van der Waals surface area contributed by atoms with Crippen molar-refractivity contribution in [3.05, 3.63) is 35.9 Å². The molecule has 1 heterocycles. The van der Waals surface area contributed by atoms with E-state index >= 15 is 0 Å². The molecule has 4 heteroatoms. The average Bonchev–Trinajstić information content (AvgIpc) is 2.39. The summed E-state index contributed by atoms with van der Waals surface area (Å²) in [4.78, 5) is 18.1. The number of benzene rings is 1. The molecule has 0 aromatic heterocycles. The quantitative estimate of drug-likeness (QED) is 0.754. The van der Waals surface area contributed by atoms with Crippen LogP contribution in [0.25, 0.3) is 0 Å². The third kappa shape index (κ3) is 2.64. The Hall–Kier alpha value is -1.55. The zero-order chi connectivity index (χ0) is 13.1. The Morgan fingerprint density at radius 2 is 1.89 bits per heavy atom. The van der Waals surface area contributed by atoms with Crippen molar-refractivity contribution in [3.63, 3.8) is 0 Å². The van der Waals surface area contributed by atoms with Gasteiger partial charge in [0.15, 0.2) is 0 Å². The number of amides is 2. The molecule has 1 aliphatic heterocycles. The first-order chi connectivity index (χ1) is 8.59. The largest absolute Gasteiger partial charge is 0.331 e. The maximum absolute atomic E-state index is 12.2. The number of hydrogen-bond donors (Lipinski definition) is 0. The van der Waals surface area contributed by atoms with Crippen LogP contribution in [0.4, 0.5) is 4.79 Å². The summed E-state index contributed by atoms with van der Waals surface area (Å²) in [5.74, 6) is 0. The Bertz CT molecular complexity index is 405. The highest BCUT2D eigenvalue weighted by molar-refractivity contribution is 5.74. The van der Waals surface area contributed by atoms with Crippen molar-refractivity contribution in [1.82, 2.24) is 14.7 Å². The second-order valence-corrected chi connectivity index (χ2v) is 5.06. The van der Waals surface area contributed by atoms with E-state index in [1.165, 1.54) is 5.56 Å². The van der Waals surface area contributed by atoms with E-state index < -0.39 is 0 Å². The van der Waals surface area contributed by atoms with Gasteiger partial charge in [-0.3, -0.25) is 0 Å². The summed E-state index contributed by atoms with van der Waals surface area (Å²) < 4.78 is 0. The van der Waals surface area contributed by atoms with Crippen LogP contribution in [0.1, 0.15) is 11.6 Å². The number of hydrogen-bond acceptors (Lipinski definition) is 2. The Kier molecular flexibility index (Phi) is 3.87. The van der Waals surface area contributed by atoms with Gasteiger partial charge in [-0.2, -0.15) is 0 Å². The molecule has 0 N–H and O–H groups in total. The van der Waals surface area contributed by atoms with Gasteiger partial charge >= 0.3 is 6.03 Å². The van der Waals surface area contributed by atoms with Crippen LogP contribution in [0, 0.1) is 0 Å². The first-order valence-corrected chi connectivity index (χ1v) is 6.31. The Morgan fingerprint density at radius 3 is 2.50 bits per heavy atom. The van der Waals surface area contributed by atoms with Gasteiger partial charge in [-0.25, -0.2) is 4.79 Å². The molecule has 98 valence electrons. The maximum Gasteiger partial charge on any atom is 0.320 e. The molecule has 1 aromatic rings. The summed E-state index contributed by atoms with van der Waals surface area (Å²) in [6.45, 7) is 2.61. The predicted molar refractivity (Wildman–Crippen MR) is 72.5 cm³/mol. The van der Waals surface area contributed by atoms with Crippen LogP contribution in [0.15, 0.2) is 30.3 Å². The lowest BCUT2D eigenvalue weighted by atomic mass is 10.0. The number of urea groups is 1. The highest BCUT2D eigenvalue weighted by atomic mass is 16.2. The smallest absolute Gasteiger partial charge is 0.320 e. The predicted octanol–water partition coefficient (Wildman–Crippen LogP) is 1.66. The lowest BCUT2D eigenvalue weighted by Gasteiger charge is -2.41. The van der Waals surface area contributed by atoms with Crippen LogP contribution in [0.5, 0.6) is 0 Å². The molecular formula is C14H21N3O. The minimum Gasteiger partial charge on any atom is -0.331 e. The van der Waals surface area contributed by atoms with Gasteiger partial charge in [-0.1, -0.05) is 30.3 Å². The summed E-state index contributed by atoms with van der Waals surface area (Å²) in [7, 11) is 5.72. The topological polar surface area (TPSA) is 26.8 Å². The number of piperazine rings is 1. The molecule has 1 aromatic carbocycles.